The summed E-state index contributed by atoms with van der Waals surface area (Å²) >= 11 is 0. The molecule has 4 fully saturated rings. The van der Waals surface area contributed by atoms with Crippen LogP contribution in [-0.4, -0.2) is 42.7 Å². The normalized spacial score (nSPS) is 27.9. The van der Waals surface area contributed by atoms with Crippen LogP contribution in [-0.2, 0) is 9.53 Å². The number of esters is 1. The number of carbonyl (C=O) groups is 1. The smallest absolute Gasteiger partial charge is 0.333 e. The summed E-state index contributed by atoms with van der Waals surface area (Å²) in [6.45, 7) is 4.87. The Bertz CT molecular complexity index is 871. The highest BCUT2D eigenvalue weighted by atomic mass is 16.5. The first-order valence-electron chi connectivity index (χ1n) is 12.6. The Balaban J connectivity index is 0.00000259. The number of hydrogen-bond donors (Lipinski definition) is 1. The number of fused-ring (bicyclic) bond motifs is 3. The molecule has 1 aliphatic carbocycles. The number of para-hydroxylation sites is 1. The molecule has 6 rings (SSSR count). The predicted octanol–water partition coefficient (Wildman–Crippen LogP) is 6.21. The van der Waals surface area contributed by atoms with E-state index in [1.165, 1.54) is 69.1 Å². The van der Waals surface area contributed by atoms with E-state index >= 15 is 0 Å². The van der Waals surface area contributed by atoms with Crippen LogP contribution in [0.2, 0.25) is 0 Å². The van der Waals surface area contributed by atoms with Crippen molar-refractivity contribution < 1.29 is 14.0 Å². The molecule has 2 aromatic carbocycles. The molecule has 33 heavy (non-hydrogen) atoms. The first kappa shape index (κ1) is 23.8. The average Bonchev–Trinajstić information content (AvgIpc) is 2.85. The molecule has 0 aromatic heterocycles. The second-order valence-corrected chi connectivity index (χ2v) is 10.3. The number of benzene rings is 2. The zero-order chi connectivity index (χ0) is 21.8. The van der Waals surface area contributed by atoms with E-state index in [2.05, 4.69) is 5.32 Å². The van der Waals surface area contributed by atoms with Gasteiger partial charge in [0.25, 0.3) is 0 Å². The van der Waals surface area contributed by atoms with Crippen LogP contribution >= 0.6 is 0 Å². The molecule has 3 saturated heterocycles. The topological polar surface area (TPSA) is 38.3 Å². The molecule has 1 saturated carbocycles. The third kappa shape index (κ3) is 5.60. The molecule has 178 valence electrons. The molecule has 0 amide bonds. The van der Waals surface area contributed by atoms with Crippen molar-refractivity contribution in [3.05, 3.63) is 66.2 Å². The SMILES string of the molecule is C.O=C(O[C@H]1C[N+]2(CC3CCCCC3)CCC1CC2)C(Nc1ccccc1)c1ccccc1. The fraction of sp³-hybridized carbons (Fsp3) is 0.552. The summed E-state index contributed by atoms with van der Waals surface area (Å²) in [6.07, 6.45) is 9.45. The number of rotatable bonds is 7. The number of piperidine rings is 3. The first-order valence-corrected chi connectivity index (χ1v) is 12.6. The molecule has 0 spiro atoms. The molecule has 0 radical (unpaired) electrons. The van der Waals surface area contributed by atoms with Crippen LogP contribution in [0.4, 0.5) is 5.69 Å². The molecular weight excluding hydrogens is 408 g/mol. The van der Waals surface area contributed by atoms with Crippen molar-refractivity contribution in [3.63, 3.8) is 0 Å². The second kappa shape index (κ2) is 10.7. The average molecular weight is 450 g/mol. The van der Waals surface area contributed by atoms with Crippen LogP contribution in [0.15, 0.2) is 60.7 Å². The monoisotopic (exact) mass is 449 g/mol. The lowest BCUT2D eigenvalue weighted by atomic mass is 9.80. The second-order valence-electron chi connectivity index (χ2n) is 10.3. The predicted molar refractivity (Wildman–Crippen MR) is 135 cm³/mol. The van der Waals surface area contributed by atoms with Crippen LogP contribution in [0.25, 0.3) is 0 Å². The Morgan fingerprint density at radius 3 is 2.21 bits per heavy atom. The number of hydrogen-bond acceptors (Lipinski definition) is 3. The highest BCUT2D eigenvalue weighted by Crippen LogP contribution is 2.39. The van der Waals surface area contributed by atoms with E-state index in [9.17, 15) is 4.79 Å². The van der Waals surface area contributed by atoms with Crippen LogP contribution in [0.1, 0.15) is 64.0 Å². The summed E-state index contributed by atoms with van der Waals surface area (Å²) in [6, 6.07) is 19.5. The lowest BCUT2D eigenvalue weighted by Gasteiger charge is -2.53. The Kier molecular flexibility index (Phi) is 7.75. The molecular formula is C29H41N2O2+. The Morgan fingerprint density at radius 1 is 0.909 bits per heavy atom. The van der Waals surface area contributed by atoms with Crippen molar-refractivity contribution in [1.82, 2.24) is 0 Å². The fourth-order valence-corrected chi connectivity index (χ4v) is 6.37. The number of quaternary nitrogens is 1. The molecule has 4 aliphatic rings. The Labute approximate surface area is 199 Å². The minimum Gasteiger partial charge on any atom is -0.454 e. The van der Waals surface area contributed by atoms with Crippen LogP contribution in [0.5, 0.6) is 0 Å². The lowest BCUT2D eigenvalue weighted by molar-refractivity contribution is -0.949. The van der Waals surface area contributed by atoms with Gasteiger partial charge in [-0.25, -0.2) is 4.79 Å². The summed E-state index contributed by atoms with van der Waals surface area (Å²) in [4.78, 5) is 13.5. The van der Waals surface area contributed by atoms with Crippen molar-refractivity contribution in [3.8, 4) is 0 Å². The largest absolute Gasteiger partial charge is 0.454 e. The Morgan fingerprint density at radius 2 is 1.55 bits per heavy atom. The highest BCUT2D eigenvalue weighted by Gasteiger charge is 2.48. The quantitative estimate of drug-likeness (QED) is 0.403. The van der Waals surface area contributed by atoms with Crippen LogP contribution in [0.3, 0.4) is 0 Å². The van der Waals surface area contributed by atoms with Gasteiger partial charge in [0, 0.05) is 30.4 Å². The lowest BCUT2D eigenvalue weighted by Crippen LogP contribution is -2.65. The minimum atomic E-state index is -0.485. The molecule has 3 aliphatic heterocycles. The van der Waals surface area contributed by atoms with Gasteiger partial charge in [-0.3, -0.25) is 0 Å². The van der Waals surface area contributed by atoms with Gasteiger partial charge in [-0.2, -0.15) is 0 Å². The standard InChI is InChI=1S/C28H37N2O2.CH4/c31-28(27(24-12-6-2-7-13-24)29-25-14-8-3-9-15-25)32-26-21-30(18-16-23(26)17-19-30)20-22-10-4-1-5-11-22;/h2-3,6-9,12-15,22-23,26-27,29H,1,4-5,10-11,16-21H2;1H4/q+1;/t23?,26-,27?,30?;/m0./s1. The van der Waals surface area contributed by atoms with E-state index in [4.69, 9.17) is 4.74 Å². The van der Waals surface area contributed by atoms with Gasteiger partial charge in [0.1, 0.15) is 6.54 Å². The van der Waals surface area contributed by atoms with Crippen molar-refractivity contribution in [1.29, 1.82) is 0 Å². The minimum absolute atomic E-state index is 0. The summed E-state index contributed by atoms with van der Waals surface area (Å²) < 4.78 is 7.49. The van der Waals surface area contributed by atoms with E-state index < -0.39 is 6.04 Å². The van der Waals surface area contributed by atoms with Gasteiger partial charge < -0.3 is 14.5 Å². The maximum absolute atomic E-state index is 13.5. The van der Waals surface area contributed by atoms with Crippen LogP contribution < -0.4 is 5.32 Å². The zero-order valence-corrected chi connectivity index (χ0v) is 19.1. The molecule has 4 heteroatoms. The molecule has 2 atom stereocenters. The van der Waals surface area contributed by atoms with Gasteiger partial charge in [0.05, 0.1) is 19.6 Å². The van der Waals surface area contributed by atoms with E-state index in [1.54, 1.807) is 0 Å². The number of carbonyl (C=O) groups excluding carboxylic acids is 1. The summed E-state index contributed by atoms with van der Waals surface area (Å²) in [5.41, 5.74) is 1.89. The van der Waals surface area contributed by atoms with Gasteiger partial charge in [-0.05, 0) is 30.5 Å². The van der Waals surface area contributed by atoms with E-state index in [1.807, 2.05) is 60.7 Å². The summed E-state index contributed by atoms with van der Waals surface area (Å²) in [5, 5.41) is 3.42. The number of nitrogens with zero attached hydrogens (tertiary/aromatic N) is 1. The molecule has 4 nitrogen and oxygen atoms in total. The maximum atomic E-state index is 13.5. The van der Waals surface area contributed by atoms with Crippen molar-refractivity contribution in [2.75, 3.05) is 31.5 Å². The molecule has 2 aromatic rings. The van der Waals surface area contributed by atoms with Gasteiger partial charge >= 0.3 is 5.97 Å². The number of nitrogens with one attached hydrogen (secondary N) is 1. The van der Waals surface area contributed by atoms with Gasteiger partial charge in [-0.1, -0.05) is 75.2 Å². The summed E-state index contributed by atoms with van der Waals surface area (Å²) in [5.74, 6) is 1.25. The van der Waals surface area contributed by atoms with Gasteiger partial charge in [0.15, 0.2) is 12.1 Å². The van der Waals surface area contributed by atoms with E-state index in [0.717, 1.165) is 23.7 Å². The third-order valence-corrected chi connectivity index (χ3v) is 8.13. The van der Waals surface area contributed by atoms with E-state index in [0.29, 0.717) is 5.92 Å². The maximum Gasteiger partial charge on any atom is 0.333 e. The van der Waals surface area contributed by atoms with Crippen LogP contribution in [0, 0.1) is 11.8 Å². The zero-order valence-electron chi connectivity index (χ0n) is 19.1. The molecule has 1 N–H and O–H groups in total. The van der Waals surface area contributed by atoms with Gasteiger partial charge in [-0.15, -0.1) is 0 Å². The fourth-order valence-electron chi connectivity index (χ4n) is 6.37. The third-order valence-electron chi connectivity index (χ3n) is 8.13. The summed E-state index contributed by atoms with van der Waals surface area (Å²) in [7, 11) is 0. The van der Waals surface area contributed by atoms with E-state index in [-0.39, 0.29) is 19.5 Å². The van der Waals surface area contributed by atoms with Crippen molar-refractivity contribution in [2.45, 2.75) is 64.5 Å². The number of anilines is 1. The molecule has 3 heterocycles. The molecule has 2 bridgehead atoms. The highest BCUT2D eigenvalue weighted by molar-refractivity contribution is 5.81. The van der Waals surface area contributed by atoms with Crippen molar-refractivity contribution >= 4 is 11.7 Å². The first-order chi connectivity index (χ1) is 15.7. The number of ether oxygens (including phenoxy) is 1. The Hall–Kier alpha value is -2.33. The van der Waals surface area contributed by atoms with Crippen molar-refractivity contribution in [2.24, 2.45) is 11.8 Å². The van der Waals surface area contributed by atoms with Gasteiger partial charge in [0.2, 0.25) is 0 Å². The molecule has 1 unspecified atom stereocenters.